The van der Waals surface area contributed by atoms with Gasteiger partial charge in [0, 0.05) is 25.3 Å². The minimum atomic E-state index is 0.570. The lowest BCUT2D eigenvalue weighted by atomic mass is 10.0. The predicted octanol–water partition coefficient (Wildman–Crippen LogP) is 3.41. The third kappa shape index (κ3) is 3.03. The molecule has 1 aromatic heterocycles. The Hall–Kier alpha value is -2.17. The molecule has 0 radical (unpaired) electrons. The van der Waals surface area contributed by atoms with Gasteiger partial charge in [-0.3, -0.25) is 0 Å². The maximum absolute atomic E-state index is 4.75. The molecule has 1 aromatic carbocycles. The van der Waals surface area contributed by atoms with Crippen LogP contribution in [0.3, 0.4) is 0 Å². The van der Waals surface area contributed by atoms with Gasteiger partial charge in [-0.25, -0.2) is 0 Å². The lowest BCUT2D eigenvalue weighted by Crippen LogP contribution is -2.40. The number of anilines is 3. The fraction of sp³-hybridized carbons (Fsp3) is 0.471. The summed E-state index contributed by atoms with van der Waals surface area (Å²) in [5.74, 6) is 1.59. The van der Waals surface area contributed by atoms with E-state index in [9.17, 15) is 0 Å². The molecule has 1 fully saturated rings. The Morgan fingerprint density at radius 3 is 2.82 bits per heavy atom. The molecule has 0 N–H and O–H groups in total. The Morgan fingerprint density at radius 1 is 1.23 bits per heavy atom. The smallest absolute Gasteiger partial charge is 0.251 e. The first kappa shape index (κ1) is 14.8. The molecule has 0 aliphatic carbocycles. The fourth-order valence-corrected chi connectivity index (χ4v) is 3.06. The molecule has 2 heterocycles. The maximum Gasteiger partial charge on any atom is 0.251 e. The molecule has 3 rings (SSSR count). The summed E-state index contributed by atoms with van der Waals surface area (Å²) in [6, 6.07) is 10.7. The van der Waals surface area contributed by atoms with Crippen molar-refractivity contribution in [3.63, 3.8) is 0 Å². The van der Waals surface area contributed by atoms with Crippen molar-refractivity contribution < 1.29 is 0 Å². The summed E-state index contributed by atoms with van der Waals surface area (Å²) in [5, 5.41) is 8.38. The molecule has 1 aliphatic rings. The highest BCUT2D eigenvalue weighted by Gasteiger charge is 2.23. The minimum Gasteiger partial charge on any atom is -0.352 e. The third-order valence-corrected chi connectivity index (χ3v) is 4.37. The lowest BCUT2D eigenvalue weighted by molar-refractivity contribution is 0.446. The van der Waals surface area contributed by atoms with Gasteiger partial charge >= 0.3 is 0 Å². The number of hydrogen-bond acceptors (Lipinski definition) is 5. The summed E-state index contributed by atoms with van der Waals surface area (Å²) in [6.45, 7) is 3.31. The number of piperidine rings is 1. The number of hydrogen-bond donors (Lipinski definition) is 0. The molecule has 0 bridgehead atoms. The minimum absolute atomic E-state index is 0.570. The van der Waals surface area contributed by atoms with E-state index in [4.69, 9.17) is 4.98 Å². The molecular formula is C17H23N5. The van der Waals surface area contributed by atoms with Crippen molar-refractivity contribution in [2.24, 2.45) is 0 Å². The predicted molar refractivity (Wildman–Crippen MR) is 89.6 cm³/mol. The molecule has 1 atom stereocenters. The summed E-state index contributed by atoms with van der Waals surface area (Å²) in [4.78, 5) is 9.11. The SMILES string of the molecule is CCC1CCCCN1c1cnnc(N(C)c2ccccc2)n1. The number of aromatic nitrogens is 3. The van der Waals surface area contributed by atoms with E-state index in [2.05, 4.69) is 22.0 Å². The summed E-state index contributed by atoms with van der Waals surface area (Å²) < 4.78 is 0. The molecule has 22 heavy (non-hydrogen) atoms. The van der Waals surface area contributed by atoms with Crippen molar-refractivity contribution in [1.29, 1.82) is 0 Å². The second-order valence-electron chi connectivity index (χ2n) is 5.76. The van der Waals surface area contributed by atoms with Crippen molar-refractivity contribution >= 4 is 17.5 Å². The van der Waals surface area contributed by atoms with Gasteiger partial charge in [-0.1, -0.05) is 25.1 Å². The first-order chi connectivity index (χ1) is 10.8. The average Bonchev–Trinajstić information content (AvgIpc) is 2.62. The Balaban J connectivity index is 1.86. The van der Waals surface area contributed by atoms with E-state index in [1.54, 1.807) is 6.20 Å². The zero-order valence-electron chi connectivity index (χ0n) is 13.3. The number of para-hydroxylation sites is 1. The molecule has 1 saturated heterocycles. The Morgan fingerprint density at radius 2 is 2.05 bits per heavy atom. The maximum atomic E-state index is 4.75. The molecule has 5 nitrogen and oxygen atoms in total. The van der Waals surface area contributed by atoms with Crippen LogP contribution in [0, 0.1) is 0 Å². The van der Waals surface area contributed by atoms with Crippen molar-refractivity contribution in [3.8, 4) is 0 Å². The van der Waals surface area contributed by atoms with Crippen molar-refractivity contribution in [1.82, 2.24) is 15.2 Å². The molecule has 2 aromatic rings. The van der Waals surface area contributed by atoms with E-state index in [0.29, 0.717) is 12.0 Å². The number of rotatable bonds is 4. The van der Waals surface area contributed by atoms with Crippen molar-refractivity contribution in [2.45, 2.75) is 38.6 Å². The standard InChI is InChI=1S/C17H23N5/c1-3-14-9-7-8-12-22(14)16-13-18-20-17(19-16)21(2)15-10-5-4-6-11-15/h4-6,10-11,13-14H,3,7-9,12H2,1-2H3. The number of nitrogens with zero attached hydrogens (tertiary/aromatic N) is 5. The third-order valence-electron chi connectivity index (χ3n) is 4.37. The van der Waals surface area contributed by atoms with Gasteiger partial charge in [0.2, 0.25) is 0 Å². The van der Waals surface area contributed by atoms with Crippen LogP contribution >= 0.6 is 0 Å². The van der Waals surface area contributed by atoms with Crippen molar-refractivity contribution in [3.05, 3.63) is 36.5 Å². The van der Waals surface area contributed by atoms with Crippen LogP contribution < -0.4 is 9.80 Å². The molecule has 0 saturated carbocycles. The van der Waals surface area contributed by atoms with Gasteiger partial charge in [0.15, 0.2) is 5.82 Å². The van der Waals surface area contributed by atoms with E-state index in [-0.39, 0.29) is 0 Å². The van der Waals surface area contributed by atoms with Crippen LogP contribution in [0.4, 0.5) is 17.5 Å². The average molecular weight is 297 g/mol. The molecule has 5 heteroatoms. The van der Waals surface area contributed by atoms with E-state index in [0.717, 1.165) is 24.5 Å². The van der Waals surface area contributed by atoms with Gasteiger partial charge in [-0.15, -0.1) is 5.10 Å². The second-order valence-corrected chi connectivity index (χ2v) is 5.76. The Bertz CT molecular complexity index is 601. The van der Waals surface area contributed by atoms with Gasteiger partial charge < -0.3 is 9.80 Å². The summed E-state index contributed by atoms with van der Waals surface area (Å²) >= 11 is 0. The highest BCUT2D eigenvalue weighted by atomic mass is 15.3. The number of benzene rings is 1. The first-order valence-electron chi connectivity index (χ1n) is 8.04. The van der Waals surface area contributed by atoms with Gasteiger partial charge in [0.05, 0.1) is 6.20 Å². The van der Waals surface area contributed by atoms with E-state index in [1.807, 2.05) is 42.3 Å². The molecule has 0 spiro atoms. The topological polar surface area (TPSA) is 45.2 Å². The summed E-state index contributed by atoms with van der Waals surface area (Å²) in [7, 11) is 1.98. The monoisotopic (exact) mass is 297 g/mol. The van der Waals surface area contributed by atoms with Gasteiger partial charge in [0.1, 0.15) is 0 Å². The lowest BCUT2D eigenvalue weighted by Gasteiger charge is -2.36. The fourth-order valence-electron chi connectivity index (χ4n) is 3.06. The van der Waals surface area contributed by atoms with Gasteiger partial charge in [-0.2, -0.15) is 10.1 Å². The summed E-state index contributed by atoms with van der Waals surface area (Å²) in [6.07, 6.45) is 6.71. The van der Waals surface area contributed by atoms with Crippen LogP contribution in [0.1, 0.15) is 32.6 Å². The van der Waals surface area contributed by atoms with Crippen LogP contribution in [0.15, 0.2) is 36.5 Å². The van der Waals surface area contributed by atoms with E-state index < -0.39 is 0 Å². The van der Waals surface area contributed by atoms with Gasteiger partial charge in [-0.05, 0) is 37.8 Å². The van der Waals surface area contributed by atoms with E-state index >= 15 is 0 Å². The molecule has 0 amide bonds. The zero-order chi connectivity index (χ0) is 15.4. The van der Waals surface area contributed by atoms with Crippen LogP contribution in [0.25, 0.3) is 0 Å². The van der Waals surface area contributed by atoms with Crippen LogP contribution in [-0.2, 0) is 0 Å². The second kappa shape index (κ2) is 6.73. The Labute approximate surface area is 132 Å². The molecule has 116 valence electrons. The highest BCUT2D eigenvalue weighted by molar-refractivity contribution is 5.57. The molecule has 1 unspecified atom stereocenters. The molecule has 1 aliphatic heterocycles. The highest BCUT2D eigenvalue weighted by Crippen LogP contribution is 2.26. The quantitative estimate of drug-likeness (QED) is 0.865. The van der Waals surface area contributed by atoms with Crippen LogP contribution in [0.2, 0.25) is 0 Å². The largest absolute Gasteiger partial charge is 0.352 e. The summed E-state index contributed by atoms with van der Waals surface area (Å²) in [5.41, 5.74) is 1.06. The van der Waals surface area contributed by atoms with E-state index in [1.165, 1.54) is 19.3 Å². The van der Waals surface area contributed by atoms with Crippen LogP contribution in [-0.4, -0.2) is 34.8 Å². The van der Waals surface area contributed by atoms with Crippen LogP contribution in [0.5, 0.6) is 0 Å². The first-order valence-corrected chi connectivity index (χ1v) is 8.04. The van der Waals surface area contributed by atoms with Gasteiger partial charge in [0.25, 0.3) is 5.95 Å². The molecular weight excluding hydrogens is 274 g/mol. The zero-order valence-corrected chi connectivity index (χ0v) is 13.3. The normalized spacial score (nSPS) is 18.3. The van der Waals surface area contributed by atoms with Crippen molar-refractivity contribution in [2.75, 3.05) is 23.4 Å². The Kier molecular flexibility index (Phi) is 4.51.